The molecule has 3 rings (SSSR count). The summed E-state index contributed by atoms with van der Waals surface area (Å²) in [5.74, 6) is 0. The molecule has 1 N–H and O–H groups in total. The van der Waals surface area contributed by atoms with E-state index in [0.29, 0.717) is 16.6 Å². The molecule has 0 aliphatic rings. The predicted molar refractivity (Wildman–Crippen MR) is 93.0 cm³/mol. The lowest BCUT2D eigenvalue weighted by Crippen LogP contribution is -2.37. The summed E-state index contributed by atoms with van der Waals surface area (Å²) in [5, 5.41) is 10.7. The van der Waals surface area contributed by atoms with Gasteiger partial charge >= 0.3 is 0 Å². The first-order chi connectivity index (χ1) is 11.3. The van der Waals surface area contributed by atoms with Crippen LogP contribution in [0.2, 0.25) is 5.15 Å². The third kappa shape index (κ3) is 2.90. The van der Waals surface area contributed by atoms with Gasteiger partial charge in [0.25, 0.3) is 5.56 Å². The van der Waals surface area contributed by atoms with Gasteiger partial charge in [-0.05, 0) is 39.0 Å². The number of aliphatic hydroxyl groups is 1. The average Bonchev–Trinajstić information content (AvgIpc) is 2.54. The highest BCUT2D eigenvalue weighted by Gasteiger charge is 2.26. The highest BCUT2D eigenvalue weighted by Crippen LogP contribution is 2.26. The van der Waals surface area contributed by atoms with Gasteiger partial charge in [0, 0.05) is 18.0 Å². The first kappa shape index (κ1) is 16.5. The van der Waals surface area contributed by atoms with Gasteiger partial charge in [0.1, 0.15) is 16.4 Å². The molecule has 0 aliphatic carbocycles. The molecule has 1 atom stereocenters. The molecule has 24 heavy (non-hydrogen) atoms. The molecule has 124 valence electrons. The number of fused-ring (bicyclic) bond motifs is 1. The first-order valence-corrected chi connectivity index (χ1v) is 7.87. The third-order valence-corrected chi connectivity index (χ3v) is 4.31. The molecule has 7 heteroatoms. The van der Waals surface area contributed by atoms with E-state index in [2.05, 4.69) is 15.0 Å². The molecule has 0 unspecified atom stereocenters. The maximum Gasteiger partial charge on any atom is 0.261 e. The number of halogens is 1. The molecule has 0 fully saturated rings. The highest BCUT2D eigenvalue weighted by atomic mass is 35.5. The van der Waals surface area contributed by atoms with E-state index in [1.165, 1.54) is 17.0 Å². The normalized spacial score (nSPS) is 13.2. The molecule has 0 aromatic carbocycles. The van der Waals surface area contributed by atoms with Crippen molar-refractivity contribution in [3.05, 3.63) is 52.4 Å². The van der Waals surface area contributed by atoms with Crippen molar-refractivity contribution in [3.63, 3.8) is 0 Å². The fourth-order valence-corrected chi connectivity index (χ4v) is 2.63. The van der Waals surface area contributed by atoms with Crippen molar-refractivity contribution in [3.8, 4) is 11.3 Å². The Morgan fingerprint density at radius 3 is 2.75 bits per heavy atom. The van der Waals surface area contributed by atoms with Gasteiger partial charge in [-0.1, -0.05) is 11.6 Å². The summed E-state index contributed by atoms with van der Waals surface area (Å²) in [6, 6.07) is 4.66. The summed E-state index contributed by atoms with van der Waals surface area (Å²) in [5.41, 5.74) is 0.346. The molecule has 6 nitrogen and oxygen atoms in total. The van der Waals surface area contributed by atoms with Gasteiger partial charge in [-0.15, -0.1) is 0 Å². The minimum absolute atomic E-state index is 0.203. The Hall–Kier alpha value is -2.31. The van der Waals surface area contributed by atoms with Crippen LogP contribution < -0.4 is 5.56 Å². The van der Waals surface area contributed by atoms with E-state index in [1.54, 1.807) is 39.2 Å². The molecule has 0 amide bonds. The fraction of sp³-hybridized carbons (Fsp3) is 0.294. The number of rotatable bonds is 3. The van der Waals surface area contributed by atoms with E-state index in [9.17, 15) is 9.90 Å². The van der Waals surface area contributed by atoms with Crippen LogP contribution in [0.1, 0.15) is 26.8 Å². The Morgan fingerprint density at radius 2 is 2.12 bits per heavy atom. The van der Waals surface area contributed by atoms with Crippen LogP contribution in [0.5, 0.6) is 0 Å². The van der Waals surface area contributed by atoms with Gasteiger partial charge < -0.3 is 5.11 Å². The standard InChI is InChI=1S/C17H17ClN4O2/c1-10(17(2,3)24)22-9-20-15-12(16(22)23)7-13(18)21-14(15)11-5-4-6-19-8-11/h4-10,24H,1-3H3/t10-/m1/s1. The van der Waals surface area contributed by atoms with Crippen molar-refractivity contribution in [1.82, 2.24) is 19.5 Å². The molecule has 0 aliphatic heterocycles. The lowest BCUT2D eigenvalue weighted by atomic mass is 10.0. The Labute approximate surface area is 143 Å². The van der Waals surface area contributed by atoms with E-state index in [4.69, 9.17) is 11.6 Å². The second-order valence-electron chi connectivity index (χ2n) is 6.22. The molecule has 0 spiro atoms. The monoisotopic (exact) mass is 344 g/mol. The van der Waals surface area contributed by atoms with Crippen LogP contribution in [-0.2, 0) is 0 Å². The first-order valence-electron chi connectivity index (χ1n) is 7.49. The highest BCUT2D eigenvalue weighted by molar-refractivity contribution is 6.30. The quantitative estimate of drug-likeness (QED) is 0.739. The summed E-state index contributed by atoms with van der Waals surface area (Å²) < 4.78 is 1.41. The number of pyridine rings is 2. The molecule has 0 saturated heterocycles. The molecule has 3 aromatic rings. The number of aromatic nitrogens is 4. The Morgan fingerprint density at radius 1 is 1.38 bits per heavy atom. The zero-order valence-corrected chi connectivity index (χ0v) is 14.3. The smallest absolute Gasteiger partial charge is 0.261 e. The van der Waals surface area contributed by atoms with Crippen molar-refractivity contribution < 1.29 is 5.11 Å². The van der Waals surface area contributed by atoms with Crippen LogP contribution in [0.4, 0.5) is 0 Å². The van der Waals surface area contributed by atoms with Crippen molar-refractivity contribution in [1.29, 1.82) is 0 Å². The molecular weight excluding hydrogens is 328 g/mol. The van der Waals surface area contributed by atoms with Crippen LogP contribution in [0, 0.1) is 0 Å². The maximum atomic E-state index is 12.9. The molecular formula is C17H17ClN4O2. The van der Waals surface area contributed by atoms with Crippen LogP contribution in [0.15, 0.2) is 41.7 Å². The summed E-state index contributed by atoms with van der Waals surface area (Å²) in [6.07, 6.45) is 4.73. The Kier molecular flexibility index (Phi) is 4.11. The SMILES string of the molecule is C[C@@H](n1cnc2c(-c3cccnc3)nc(Cl)cc2c1=O)C(C)(C)O. The Bertz CT molecular complexity index is 948. The van der Waals surface area contributed by atoms with Gasteiger partial charge in [0.15, 0.2) is 0 Å². The zero-order chi connectivity index (χ0) is 17.5. The lowest BCUT2D eigenvalue weighted by molar-refractivity contribution is 0.0290. The Balaban J connectivity index is 2.29. The molecule has 3 heterocycles. The summed E-state index contributed by atoms with van der Waals surface area (Å²) in [4.78, 5) is 25.6. The molecule has 3 aromatic heterocycles. The third-order valence-electron chi connectivity index (χ3n) is 4.11. The van der Waals surface area contributed by atoms with E-state index < -0.39 is 11.6 Å². The van der Waals surface area contributed by atoms with Crippen molar-refractivity contribution in [2.24, 2.45) is 0 Å². The number of hydrogen-bond donors (Lipinski definition) is 1. The van der Waals surface area contributed by atoms with Gasteiger partial charge in [-0.2, -0.15) is 0 Å². The van der Waals surface area contributed by atoms with Crippen molar-refractivity contribution >= 4 is 22.5 Å². The van der Waals surface area contributed by atoms with E-state index >= 15 is 0 Å². The van der Waals surface area contributed by atoms with E-state index in [1.807, 2.05) is 6.07 Å². The average molecular weight is 345 g/mol. The van der Waals surface area contributed by atoms with Gasteiger partial charge in [0.2, 0.25) is 0 Å². The number of nitrogens with zero attached hydrogens (tertiary/aromatic N) is 4. The molecule has 0 radical (unpaired) electrons. The minimum Gasteiger partial charge on any atom is -0.388 e. The zero-order valence-electron chi connectivity index (χ0n) is 13.6. The fourth-order valence-electron chi connectivity index (χ4n) is 2.43. The summed E-state index contributed by atoms with van der Waals surface area (Å²) in [6.45, 7) is 5.06. The van der Waals surface area contributed by atoms with Gasteiger partial charge in [0.05, 0.1) is 23.4 Å². The van der Waals surface area contributed by atoms with Crippen LogP contribution in [0.3, 0.4) is 0 Å². The number of hydrogen-bond acceptors (Lipinski definition) is 5. The molecule has 0 saturated carbocycles. The summed E-state index contributed by atoms with van der Waals surface area (Å²) >= 11 is 6.11. The minimum atomic E-state index is -1.07. The van der Waals surface area contributed by atoms with Crippen molar-refractivity contribution in [2.75, 3.05) is 0 Å². The second-order valence-corrected chi connectivity index (χ2v) is 6.61. The molecule has 0 bridgehead atoms. The van der Waals surface area contributed by atoms with E-state index in [0.717, 1.165) is 5.56 Å². The summed E-state index contributed by atoms with van der Waals surface area (Å²) in [7, 11) is 0. The van der Waals surface area contributed by atoms with Gasteiger partial charge in [-0.3, -0.25) is 14.3 Å². The largest absolute Gasteiger partial charge is 0.388 e. The van der Waals surface area contributed by atoms with Gasteiger partial charge in [-0.25, -0.2) is 9.97 Å². The van der Waals surface area contributed by atoms with Crippen molar-refractivity contribution in [2.45, 2.75) is 32.4 Å². The maximum absolute atomic E-state index is 12.9. The van der Waals surface area contributed by atoms with Crippen LogP contribution in [-0.4, -0.2) is 30.2 Å². The van der Waals surface area contributed by atoms with Crippen LogP contribution in [0.25, 0.3) is 22.2 Å². The lowest BCUT2D eigenvalue weighted by Gasteiger charge is -2.27. The van der Waals surface area contributed by atoms with Crippen LogP contribution >= 0.6 is 11.6 Å². The second kappa shape index (κ2) is 5.96. The van der Waals surface area contributed by atoms with E-state index in [-0.39, 0.29) is 10.7 Å². The topological polar surface area (TPSA) is 80.9 Å². The predicted octanol–water partition coefficient (Wildman–Crippen LogP) is 2.84.